The van der Waals surface area contributed by atoms with Gasteiger partial charge in [0.1, 0.15) is 17.8 Å². The van der Waals surface area contributed by atoms with Gasteiger partial charge in [0.15, 0.2) is 0 Å². The second-order valence-electron chi connectivity index (χ2n) is 6.09. The average molecular weight is 229 g/mol. The van der Waals surface area contributed by atoms with Gasteiger partial charge in [-0.15, -0.1) is 0 Å². The fourth-order valence-electron chi connectivity index (χ4n) is 1.20. The van der Waals surface area contributed by atoms with Gasteiger partial charge in [-0.3, -0.25) is 4.79 Å². The van der Waals surface area contributed by atoms with Crippen molar-refractivity contribution in [2.24, 2.45) is 17.1 Å². The molecule has 0 aliphatic rings. The van der Waals surface area contributed by atoms with Crippen molar-refractivity contribution in [3.8, 4) is 0 Å². The molecule has 0 aliphatic carbocycles. The summed E-state index contributed by atoms with van der Waals surface area (Å²) in [4.78, 5) is 22.7. The zero-order valence-corrected chi connectivity index (χ0v) is 11.0. The Labute approximate surface area is 97.5 Å². The molecule has 0 aromatic carbocycles. The highest BCUT2D eigenvalue weighted by Gasteiger charge is 2.36. The van der Waals surface area contributed by atoms with E-state index in [9.17, 15) is 9.59 Å². The summed E-state index contributed by atoms with van der Waals surface area (Å²) < 4.78 is 5.16. The highest BCUT2D eigenvalue weighted by atomic mass is 16.6. The standard InChI is InChI=1S/C12H23NO3/c1-11(2,3)9(13)8(7-14)10(15)16-12(4,5)6/h7-9H,13H2,1-6H3/t8-,9+/m1/s1. The molecule has 0 fully saturated rings. The molecule has 0 heterocycles. The van der Waals surface area contributed by atoms with Crippen LogP contribution >= 0.6 is 0 Å². The third-order valence-electron chi connectivity index (χ3n) is 2.21. The normalized spacial score (nSPS) is 16.4. The molecule has 2 N–H and O–H groups in total. The third kappa shape index (κ3) is 4.75. The van der Waals surface area contributed by atoms with Crippen LogP contribution in [-0.2, 0) is 14.3 Å². The van der Waals surface area contributed by atoms with Crippen LogP contribution in [0.5, 0.6) is 0 Å². The highest BCUT2D eigenvalue weighted by molar-refractivity contribution is 5.89. The first-order chi connectivity index (χ1) is 6.99. The lowest BCUT2D eigenvalue weighted by Crippen LogP contribution is -2.47. The van der Waals surface area contributed by atoms with Gasteiger partial charge in [0.2, 0.25) is 0 Å². The summed E-state index contributed by atoms with van der Waals surface area (Å²) in [6.07, 6.45) is 0.573. The van der Waals surface area contributed by atoms with Crippen LogP contribution in [0, 0.1) is 11.3 Å². The van der Waals surface area contributed by atoms with Crippen LogP contribution in [-0.4, -0.2) is 23.9 Å². The van der Waals surface area contributed by atoms with Crippen molar-refractivity contribution in [1.29, 1.82) is 0 Å². The van der Waals surface area contributed by atoms with Gasteiger partial charge >= 0.3 is 5.97 Å². The van der Waals surface area contributed by atoms with E-state index < -0.39 is 23.5 Å². The fraction of sp³-hybridized carbons (Fsp3) is 0.833. The lowest BCUT2D eigenvalue weighted by molar-refractivity contribution is -0.162. The number of nitrogens with two attached hydrogens (primary N) is 1. The van der Waals surface area contributed by atoms with Gasteiger partial charge in [-0.25, -0.2) is 0 Å². The van der Waals surface area contributed by atoms with Gasteiger partial charge in [0.25, 0.3) is 0 Å². The molecule has 0 unspecified atom stereocenters. The highest BCUT2D eigenvalue weighted by Crippen LogP contribution is 2.24. The molecular weight excluding hydrogens is 206 g/mol. The number of esters is 1. The number of aldehydes is 1. The Kier molecular flexibility index (Phi) is 4.68. The molecule has 16 heavy (non-hydrogen) atoms. The number of carbonyl (C=O) groups is 2. The third-order valence-corrected chi connectivity index (χ3v) is 2.21. The summed E-state index contributed by atoms with van der Waals surface area (Å²) in [6.45, 7) is 10.9. The van der Waals surface area contributed by atoms with Gasteiger partial charge in [0.05, 0.1) is 0 Å². The van der Waals surface area contributed by atoms with Gasteiger partial charge in [0, 0.05) is 6.04 Å². The molecule has 2 atom stereocenters. The SMILES string of the molecule is CC(C)(C)OC(=O)[C@H](C=O)[C@H](N)C(C)(C)C. The second kappa shape index (κ2) is 4.95. The molecule has 0 saturated heterocycles. The largest absolute Gasteiger partial charge is 0.459 e. The molecule has 0 amide bonds. The summed E-state index contributed by atoms with van der Waals surface area (Å²) in [5.41, 5.74) is 4.97. The molecule has 4 heteroatoms. The van der Waals surface area contributed by atoms with Crippen molar-refractivity contribution in [2.75, 3.05) is 0 Å². The zero-order chi connectivity index (χ0) is 13.1. The Hall–Kier alpha value is -0.900. The Bertz CT molecular complexity index is 260. The first kappa shape index (κ1) is 15.1. The maximum absolute atomic E-state index is 11.7. The van der Waals surface area contributed by atoms with Crippen LogP contribution in [0.25, 0.3) is 0 Å². The van der Waals surface area contributed by atoms with Crippen LogP contribution in [0.1, 0.15) is 41.5 Å². The number of ether oxygens (including phenoxy) is 1. The van der Waals surface area contributed by atoms with Crippen LogP contribution < -0.4 is 5.73 Å². The molecule has 0 bridgehead atoms. The van der Waals surface area contributed by atoms with Crippen molar-refractivity contribution >= 4 is 12.3 Å². The zero-order valence-electron chi connectivity index (χ0n) is 11.0. The number of carbonyl (C=O) groups excluding carboxylic acids is 2. The summed E-state index contributed by atoms with van der Waals surface area (Å²) >= 11 is 0. The molecule has 0 aromatic rings. The van der Waals surface area contributed by atoms with E-state index in [0.29, 0.717) is 6.29 Å². The lowest BCUT2D eigenvalue weighted by Gasteiger charge is -2.31. The fourth-order valence-corrected chi connectivity index (χ4v) is 1.20. The average Bonchev–Trinajstić information content (AvgIpc) is 1.99. The van der Waals surface area contributed by atoms with Gasteiger partial charge < -0.3 is 15.3 Å². The van der Waals surface area contributed by atoms with Gasteiger partial charge in [-0.1, -0.05) is 20.8 Å². The molecule has 94 valence electrons. The minimum absolute atomic E-state index is 0.317. The molecule has 0 aliphatic heterocycles. The smallest absolute Gasteiger partial charge is 0.318 e. The van der Waals surface area contributed by atoms with Crippen molar-refractivity contribution in [3.63, 3.8) is 0 Å². The minimum Gasteiger partial charge on any atom is -0.459 e. The van der Waals surface area contributed by atoms with Crippen molar-refractivity contribution in [2.45, 2.75) is 53.2 Å². The predicted octanol–water partition coefficient (Wildman–Crippen LogP) is 1.52. The Morgan fingerprint density at radius 1 is 1.19 bits per heavy atom. The maximum atomic E-state index is 11.7. The molecule has 0 radical (unpaired) electrons. The maximum Gasteiger partial charge on any atom is 0.318 e. The Balaban J connectivity index is 4.75. The number of hydrogen-bond acceptors (Lipinski definition) is 4. The quantitative estimate of drug-likeness (QED) is 0.452. The van der Waals surface area contributed by atoms with Crippen molar-refractivity contribution in [1.82, 2.24) is 0 Å². The summed E-state index contributed by atoms with van der Waals surface area (Å²) in [5, 5.41) is 0. The minimum atomic E-state index is -0.903. The molecule has 0 aromatic heterocycles. The first-order valence-corrected chi connectivity index (χ1v) is 5.43. The van der Waals surface area contributed by atoms with Gasteiger partial charge in [-0.05, 0) is 26.2 Å². The monoisotopic (exact) mass is 229 g/mol. The Morgan fingerprint density at radius 2 is 1.62 bits per heavy atom. The number of hydrogen-bond donors (Lipinski definition) is 1. The van der Waals surface area contributed by atoms with E-state index >= 15 is 0 Å². The molecule has 0 spiro atoms. The summed E-state index contributed by atoms with van der Waals surface area (Å²) in [6, 6.07) is -0.542. The van der Waals surface area contributed by atoms with Crippen LogP contribution in [0.4, 0.5) is 0 Å². The van der Waals surface area contributed by atoms with E-state index in [-0.39, 0.29) is 5.41 Å². The topological polar surface area (TPSA) is 69.4 Å². The molecule has 4 nitrogen and oxygen atoms in total. The van der Waals surface area contributed by atoms with Crippen molar-refractivity contribution < 1.29 is 14.3 Å². The van der Waals surface area contributed by atoms with E-state index in [1.165, 1.54) is 0 Å². The first-order valence-electron chi connectivity index (χ1n) is 5.43. The van der Waals surface area contributed by atoms with E-state index in [1.54, 1.807) is 20.8 Å². The lowest BCUT2D eigenvalue weighted by atomic mass is 9.80. The second-order valence-corrected chi connectivity index (χ2v) is 6.09. The molecule has 0 saturated carbocycles. The van der Waals surface area contributed by atoms with E-state index in [1.807, 2.05) is 20.8 Å². The van der Waals surface area contributed by atoms with E-state index in [4.69, 9.17) is 10.5 Å². The van der Waals surface area contributed by atoms with E-state index in [0.717, 1.165) is 0 Å². The molecular formula is C12H23NO3. The summed E-state index contributed by atoms with van der Waals surface area (Å²) in [7, 11) is 0. The van der Waals surface area contributed by atoms with Crippen molar-refractivity contribution in [3.05, 3.63) is 0 Å². The summed E-state index contributed by atoms with van der Waals surface area (Å²) in [5.74, 6) is -1.45. The van der Waals surface area contributed by atoms with Crippen LogP contribution in [0.3, 0.4) is 0 Å². The molecule has 0 rings (SSSR count). The van der Waals surface area contributed by atoms with Crippen LogP contribution in [0.2, 0.25) is 0 Å². The van der Waals surface area contributed by atoms with E-state index in [2.05, 4.69) is 0 Å². The predicted molar refractivity (Wildman–Crippen MR) is 62.8 cm³/mol. The number of rotatable bonds is 3. The Morgan fingerprint density at radius 3 is 1.88 bits per heavy atom. The van der Waals surface area contributed by atoms with Crippen LogP contribution in [0.15, 0.2) is 0 Å². The van der Waals surface area contributed by atoms with Gasteiger partial charge in [-0.2, -0.15) is 0 Å².